The van der Waals surface area contributed by atoms with E-state index in [0.29, 0.717) is 82.6 Å². The molecule has 0 atom stereocenters. The second-order valence-electron chi connectivity index (χ2n) is 9.67. The predicted octanol–water partition coefficient (Wildman–Crippen LogP) is 3.44. The van der Waals surface area contributed by atoms with E-state index < -0.39 is 0 Å². The Morgan fingerprint density at radius 2 is 1.16 bits per heavy atom. The molecule has 0 spiro atoms. The number of aromatic nitrogens is 3. The summed E-state index contributed by atoms with van der Waals surface area (Å²) in [5.74, 6) is 1.94. The number of amides is 1. The van der Waals surface area contributed by atoms with Gasteiger partial charge in [-0.25, -0.2) is 0 Å². The number of nitrogens with one attached hydrogen (secondary N) is 4. The van der Waals surface area contributed by atoms with Gasteiger partial charge in [0.15, 0.2) is 0 Å². The summed E-state index contributed by atoms with van der Waals surface area (Å²) in [7, 11) is 1.64. The van der Waals surface area contributed by atoms with Crippen molar-refractivity contribution in [1.29, 1.82) is 0 Å². The van der Waals surface area contributed by atoms with E-state index in [9.17, 15) is 4.79 Å². The Hall–Kier alpha value is -4.78. The molecule has 12 nitrogen and oxygen atoms in total. The van der Waals surface area contributed by atoms with Gasteiger partial charge in [-0.1, -0.05) is 54.6 Å². The molecule has 0 unspecified atom stereocenters. The lowest BCUT2D eigenvalue weighted by atomic mass is 10.1. The summed E-state index contributed by atoms with van der Waals surface area (Å²) in [5.41, 5.74) is 9.08. The Balaban J connectivity index is 1.31. The van der Waals surface area contributed by atoms with Crippen LogP contribution in [0, 0.1) is 0 Å². The summed E-state index contributed by atoms with van der Waals surface area (Å²) in [6.07, 6.45) is 0. The van der Waals surface area contributed by atoms with E-state index in [2.05, 4.69) is 36.2 Å². The van der Waals surface area contributed by atoms with Crippen molar-refractivity contribution in [1.82, 2.24) is 20.3 Å². The highest BCUT2D eigenvalue weighted by Gasteiger charge is 2.09. The van der Waals surface area contributed by atoms with E-state index in [4.69, 9.17) is 19.9 Å². The molecule has 6 N–H and O–H groups in total. The lowest BCUT2D eigenvalue weighted by Crippen LogP contribution is -2.27. The Kier molecular flexibility index (Phi) is 13.2. The van der Waals surface area contributed by atoms with Crippen molar-refractivity contribution < 1.29 is 19.0 Å². The van der Waals surface area contributed by atoms with Crippen LogP contribution < -0.4 is 31.7 Å². The van der Waals surface area contributed by atoms with E-state index in [1.807, 2.05) is 66.7 Å². The zero-order chi connectivity index (χ0) is 30.8. The maximum atomic E-state index is 12.5. The second kappa shape index (κ2) is 18.0. The highest BCUT2D eigenvalue weighted by molar-refractivity contribution is 5.94. The van der Waals surface area contributed by atoms with Gasteiger partial charge in [-0.3, -0.25) is 4.79 Å². The predicted molar refractivity (Wildman–Crippen MR) is 171 cm³/mol. The van der Waals surface area contributed by atoms with Gasteiger partial charge in [0.1, 0.15) is 5.75 Å². The van der Waals surface area contributed by atoms with Crippen LogP contribution in [0.1, 0.15) is 27.0 Å². The fourth-order valence-corrected chi connectivity index (χ4v) is 4.01. The summed E-state index contributed by atoms with van der Waals surface area (Å²) >= 11 is 0. The van der Waals surface area contributed by atoms with Crippen molar-refractivity contribution in [3.63, 3.8) is 0 Å². The van der Waals surface area contributed by atoms with E-state index in [0.717, 1.165) is 22.4 Å². The van der Waals surface area contributed by atoms with Gasteiger partial charge in [0, 0.05) is 38.3 Å². The lowest BCUT2D eigenvalue weighted by Gasteiger charge is -2.12. The maximum absolute atomic E-state index is 12.5. The molecule has 4 aromatic rings. The SMILES string of the molecule is COc1ccc(CNc2nc(NCc3ccccc3)nc(NCc3ccc(C(=O)NCCOCCOCCN)cc3)n2)cc1. The van der Waals surface area contributed by atoms with Crippen LogP contribution in [0.4, 0.5) is 17.8 Å². The molecule has 0 radical (unpaired) electrons. The fourth-order valence-electron chi connectivity index (χ4n) is 4.01. The van der Waals surface area contributed by atoms with Crippen LogP contribution in [0.15, 0.2) is 78.9 Å². The number of carbonyl (C=O) groups is 1. The van der Waals surface area contributed by atoms with E-state index in [-0.39, 0.29) is 5.91 Å². The standard InChI is InChI=1S/C32H40N8O4/c1-42-28-13-9-26(10-14-28)23-37-32-39-30(35-21-24-5-3-2-4-6-24)38-31(40-32)36-22-25-7-11-27(12-8-25)29(41)34-16-18-44-20-19-43-17-15-33/h2-14H,15-23,33H2,1H3,(H,34,41)(H3,35,36,37,38,39,40). The Morgan fingerprint density at radius 3 is 1.68 bits per heavy atom. The number of anilines is 3. The number of benzene rings is 3. The van der Waals surface area contributed by atoms with Crippen molar-refractivity contribution in [2.24, 2.45) is 5.73 Å². The minimum atomic E-state index is -0.160. The molecule has 0 aliphatic heterocycles. The van der Waals surface area contributed by atoms with Crippen LogP contribution in [0.25, 0.3) is 0 Å². The van der Waals surface area contributed by atoms with Crippen LogP contribution in [0.2, 0.25) is 0 Å². The third-order valence-electron chi connectivity index (χ3n) is 6.37. The van der Waals surface area contributed by atoms with E-state index in [1.54, 1.807) is 19.2 Å². The van der Waals surface area contributed by atoms with Gasteiger partial charge in [-0.2, -0.15) is 15.0 Å². The zero-order valence-electron chi connectivity index (χ0n) is 24.9. The summed E-state index contributed by atoms with van der Waals surface area (Å²) in [6.45, 7) is 4.33. The fraction of sp³-hybridized carbons (Fsp3) is 0.312. The first-order chi connectivity index (χ1) is 21.6. The van der Waals surface area contributed by atoms with Crippen molar-refractivity contribution in [3.05, 3.63) is 101 Å². The Bertz CT molecular complexity index is 1410. The average Bonchev–Trinajstić information content (AvgIpc) is 3.07. The Morgan fingerprint density at radius 1 is 0.659 bits per heavy atom. The first kappa shape index (κ1) is 32.1. The largest absolute Gasteiger partial charge is 0.497 e. The molecule has 1 amide bonds. The molecule has 0 saturated heterocycles. The van der Waals surface area contributed by atoms with Crippen LogP contribution in [-0.2, 0) is 29.1 Å². The number of hydrogen-bond donors (Lipinski definition) is 5. The third kappa shape index (κ3) is 11.1. The average molecular weight is 601 g/mol. The van der Waals surface area contributed by atoms with Crippen LogP contribution in [0.5, 0.6) is 5.75 Å². The van der Waals surface area contributed by atoms with Crippen molar-refractivity contribution in [2.75, 3.05) is 62.6 Å². The summed E-state index contributed by atoms with van der Waals surface area (Å²) in [4.78, 5) is 26.2. The second-order valence-corrected chi connectivity index (χ2v) is 9.67. The maximum Gasteiger partial charge on any atom is 0.251 e. The molecule has 0 bridgehead atoms. The highest BCUT2D eigenvalue weighted by Crippen LogP contribution is 2.15. The molecule has 44 heavy (non-hydrogen) atoms. The van der Waals surface area contributed by atoms with Crippen LogP contribution >= 0.6 is 0 Å². The highest BCUT2D eigenvalue weighted by atomic mass is 16.5. The van der Waals surface area contributed by atoms with Gasteiger partial charge in [0.2, 0.25) is 17.8 Å². The number of hydrogen-bond acceptors (Lipinski definition) is 11. The summed E-state index contributed by atoms with van der Waals surface area (Å²) < 4.78 is 15.9. The molecule has 3 aromatic carbocycles. The molecule has 4 rings (SSSR count). The van der Waals surface area contributed by atoms with Crippen molar-refractivity contribution >= 4 is 23.8 Å². The third-order valence-corrected chi connectivity index (χ3v) is 6.37. The Labute approximate surface area is 257 Å². The number of nitrogens with two attached hydrogens (primary N) is 1. The molecular formula is C32H40N8O4. The minimum absolute atomic E-state index is 0.160. The molecule has 0 saturated carbocycles. The number of carbonyl (C=O) groups excluding carboxylic acids is 1. The molecule has 1 heterocycles. The minimum Gasteiger partial charge on any atom is -0.497 e. The number of rotatable bonds is 19. The van der Waals surface area contributed by atoms with Crippen molar-refractivity contribution in [3.8, 4) is 5.75 Å². The van der Waals surface area contributed by atoms with Gasteiger partial charge in [0.05, 0.1) is 33.5 Å². The molecule has 12 heteroatoms. The normalized spacial score (nSPS) is 10.7. The first-order valence-electron chi connectivity index (χ1n) is 14.5. The quantitative estimate of drug-likeness (QED) is 0.100. The number of ether oxygens (including phenoxy) is 3. The summed E-state index contributed by atoms with van der Waals surface area (Å²) in [5, 5.41) is 12.7. The molecule has 232 valence electrons. The molecule has 0 aliphatic carbocycles. The number of nitrogens with zero attached hydrogens (tertiary/aromatic N) is 3. The summed E-state index contributed by atoms with van der Waals surface area (Å²) in [6, 6.07) is 25.2. The molecule has 0 fully saturated rings. The monoisotopic (exact) mass is 600 g/mol. The van der Waals surface area contributed by atoms with E-state index in [1.165, 1.54) is 0 Å². The lowest BCUT2D eigenvalue weighted by molar-refractivity contribution is 0.0511. The smallest absolute Gasteiger partial charge is 0.251 e. The van der Waals surface area contributed by atoms with Gasteiger partial charge < -0.3 is 41.2 Å². The molecular weight excluding hydrogens is 560 g/mol. The number of methoxy groups -OCH3 is 1. The van der Waals surface area contributed by atoms with E-state index >= 15 is 0 Å². The van der Waals surface area contributed by atoms with Crippen LogP contribution in [-0.4, -0.2) is 67.5 Å². The van der Waals surface area contributed by atoms with Gasteiger partial charge in [-0.05, 0) is 41.0 Å². The zero-order valence-corrected chi connectivity index (χ0v) is 24.9. The molecule has 0 aliphatic rings. The first-order valence-corrected chi connectivity index (χ1v) is 14.5. The van der Waals surface area contributed by atoms with Gasteiger partial charge >= 0.3 is 0 Å². The van der Waals surface area contributed by atoms with Gasteiger partial charge in [-0.15, -0.1) is 0 Å². The topological polar surface area (TPSA) is 158 Å². The van der Waals surface area contributed by atoms with Gasteiger partial charge in [0.25, 0.3) is 5.91 Å². The van der Waals surface area contributed by atoms with Crippen LogP contribution in [0.3, 0.4) is 0 Å². The molecule has 1 aromatic heterocycles. The van der Waals surface area contributed by atoms with Crippen molar-refractivity contribution in [2.45, 2.75) is 19.6 Å².